The van der Waals surface area contributed by atoms with E-state index in [0.29, 0.717) is 0 Å². The second-order valence-corrected chi connectivity index (χ2v) is 6.19. The Balaban J connectivity index is 2.15. The lowest BCUT2D eigenvalue weighted by Crippen LogP contribution is -2.28. The fourth-order valence-electron chi connectivity index (χ4n) is 2.04. The van der Waals surface area contributed by atoms with Gasteiger partial charge in [0, 0.05) is 9.58 Å². The van der Waals surface area contributed by atoms with Crippen molar-refractivity contribution in [2.24, 2.45) is 5.84 Å². The highest BCUT2D eigenvalue weighted by molar-refractivity contribution is 7.17. The molecule has 0 bridgehead atoms. The summed E-state index contributed by atoms with van der Waals surface area (Å²) in [5.74, 6) is 5.72. The number of hydrogen-bond donors (Lipinski definition) is 2. The quantitative estimate of drug-likeness (QED) is 0.562. The summed E-state index contributed by atoms with van der Waals surface area (Å²) in [5.41, 5.74) is 4.06. The Morgan fingerprint density at radius 1 is 1.17 bits per heavy atom. The number of nitrogens with one attached hydrogen (secondary N) is 1. The zero-order valence-electron chi connectivity index (χ0n) is 9.39. The van der Waals surface area contributed by atoms with Gasteiger partial charge in [-0.3, -0.25) is 5.84 Å². The summed E-state index contributed by atoms with van der Waals surface area (Å²) in [5, 5.41) is 6.12. The van der Waals surface area contributed by atoms with Gasteiger partial charge in [0.25, 0.3) is 0 Å². The lowest BCUT2D eigenvalue weighted by atomic mass is 10.1. The maximum absolute atomic E-state index is 6.20. The molecule has 0 saturated carbocycles. The maximum atomic E-state index is 6.20. The summed E-state index contributed by atoms with van der Waals surface area (Å²) in [4.78, 5) is 1.06. The van der Waals surface area contributed by atoms with Gasteiger partial charge in [-0.25, -0.2) is 5.43 Å². The molecule has 0 spiro atoms. The van der Waals surface area contributed by atoms with Crippen LogP contribution in [0.25, 0.3) is 10.1 Å². The van der Waals surface area contributed by atoms with Crippen LogP contribution in [0.4, 0.5) is 0 Å². The van der Waals surface area contributed by atoms with Crippen molar-refractivity contribution in [2.75, 3.05) is 0 Å². The van der Waals surface area contributed by atoms with Gasteiger partial charge in [-0.1, -0.05) is 29.8 Å². The molecule has 3 rings (SSSR count). The fourth-order valence-corrected chi connectivity index (χ4v) is 4.27. The largest absolute Gasteiger partial charge is 0.271 e. The average Bonchev–Trinajstić information content (AvgIpc) is 2.99. The first-order valence-electron chi connectivity index (χ1n) is 5.46. The van der Waals surface area contributed by atoms with E-state index in [1.165, 1.54) is 15.6 Å². The van der Waals surface area contributed by atoms with E-state index in [4.69, 9.17) is 17.4 Å². The zero-order chi connectivity index (χ0) is 12.5. The van der Waals surface area contributed by atoms with Gasteiger partial charge in [0.2, 0.25) is 0 Å². The van der Waals surface area contributed by atoms with Crippen LogP contribution >= 0.6 is 34.3 Å². The van der Waals surface area contributed by atoms with Crippen molar-refractivity contribution in [1.82, 2.24) is 5.43 Å². The summed E-state index contributed by atoms with van der Waals surface area (Å²) in [6.45, 7) is 0. The molecule has 3 aromatic rings. The van der Waals surface area contributed by atoms with Crippen molar-refractivity contribution in [1.29, 1.82) is 0 Å². The standard InChI is InChI=1S/C13H11ClN2S2/c14-10-5-6-17-13(10)12(16-15)9-7-18-11-4-2-1-3-8(9)11/h1-7,12,16H,15H2. The molecule has 0 fully saturated rings. The second kappa shape index (κ2) is 4.99. The number of benzene rings is 1. The predicted octanol–water partition coefficient (Wildman–Crippen LogP) is 4.17. The van der Waals surface area contributed by atoms with E-state index in [-0.39, 0.29) is 6.04 Å². The van der Waals surface area contributed by atoms with E-state index < -0.39 is 0 Å². The first-order chi connectivity index (χ1) is 8.81. The van der Waals surface area contributed by atoms with Crippen LogP contribution in [0.15, 0.2) is 41.1 Å². The highest BCUT2D eigenvalue weighted by atomic mass is 35.5. The minimum absolute atomic E-state index is 0.0475. The Bertz CT molecular complexity index is 674. The monoisotopic (exact) mass is 294 g/mol. The molecule has 0 aliphatic heterocycles. The molecular formula is C13H11ClN2S2. The van der Waals surface area contributed by atoms with Crippen molar-refractivity contribution >= 4 is 44.4 Å². The van der Waals surface area contributed by atoms with E-state index >= 15 is 0 Å². The van der Waals surface area contributed by atoms with Gasteiger partial charge in [0.05, 0.1) is 11.1 Å². The fraction of sp³-hybridized carbons (Fsp3) is 0.0769. The molecule has 0 aliphatic carbocycles. The lowest BCUT2D eigenvalue weighted by molar-refractivity contribution is 0.652. The van der Waals surface area contributed by atoms with Crippen LogP contribution in [0, 0.1) is 0 Å². The third-order valence-electron chi connectivity index (χ3n) is 2.90. The topological polar surface area (TPSA) is 38.0 Å². The van der Waals surface area contributed by atoms with Gasteiger partial charge in [-0.15, -0.1) is 22.7 Å². The summed E-state index contributed by atoms with van der Waals surface area (Å²) >= 11 is 9.55. The Morgan fingerprint density at radius 2 is 2.00 bits per heavy atom. The minimum Gasteiger partial charge on any atom is -0.271 e. The van der Waals surface area contributed by atoms with Crippen LogP contribution in [0.3, 0.4) is 0 Å². The maximum Gasteiger partial charge on any atom is 0.0831 e. The molecular weight excluding hydrogens is 284 g/mol. The Hall–Kier alpha value is -0.910. The summed E-state index contributed by atoms with van der Waals surface area (Å²) in [7, 11) is 0. The third kappa shape index (κ3) is 1.96. The number of thiophene rings is 2. The van der Waals surface area contributed by atoms with E-state index in [0.717, 1.165) is 9.90 Å². The van der Waals surface area contributed by atoms with Crippen LogP contribution in [-0.4, -0.2) is 0 Å². The van der Waals surface area contributed by atoms with Crippen molar-refractivity contribution < 1.29 is 0 Å². The molecule has 2 aromatic heterocycles. The van der Waals surface area contributed by atoms with Crippen LogP contribution in [-0.2, 0) is 0 Å². The molecule has 1 atom stereocenters. The van der Waals surface area contributed by atoms with E-state index in [1.807, 2.05) is 23.6 Å². The molecule has 3 N–H and O–H groups in total. The minimum atomic E-state index is -0.0475. The van der Waals surface area contributed by atoms with Crippen molar-refractivity contribution in [3.05, 3.63) is 56.6 Å². The third-order valence-corrected chi connectivity index (χ3v) is 5.30. The molecule has 92 valence electrons. The van der Waals surface area contributed by atoms with Crippen molar-refractivity contribution in [3.8, 4) is 0 Å². The number of hydrazine groups is 1. The smallest absolute Gasteiger partial charge is 0.0831 e. The zero-order valence-corrected chi connectivity index (χ0v) is 11.8. The first kappa shape index (κ1) is 12.1. The number of nitrogens with two attached hydrogens (primary N) is 1. The molecule has 2 nitrogen and oxygen atoms in total. The number of hydrogen-bond acceptors (Lipinski definition) is 4. The summed E-state index contributed by atoms with van der Waals surface area (Å²) in [6, 6.07) is 10.2. The SMILES string of the molecule is NNC(c1sccc1Cl)c1csc2ccccc12. The van der Waals surface area contributed by atoms with Crippen molar-refractivity contribution in [3.63, 3.8) is 0 Å². The normalized spacial score (nSPS) is 13.0. The first-order valence-corrected chi connectivity index (χ1v) is 7.60. The molecule has 5 heteroatoms. The summed E-state index contributed by atoms with van der Waals surface area (Å²) in [6.07, 6.45) is 0. The summed E-state index contributed by atoms with van der Waals surface area (Å²) < 4.78 is 1.26. The highest BCUT2D eigenvalue weighted by Crippen LogP contribution is 2.37. The number of rotatable bonds is 3. The van der Waals surface area contributed by atoms with Gasteiger partial charge < -0.3 is 0 Å². The molecule has 2 heterocycles. The molecule has 0 amide bonds. The Morgan fingerprint density at radius 3 is 2.72 bits per heavy atom. The van der Waals surface area contributed by atoms with Crippen LogP contribution in [0.2, 0.25) is 5.02 Å². The molecule has 0 aliphatic rings. The van der Waals surface area contributed by atoms with Gasteiger partial charge in [0.1, 0.15) is 0 Å². The Labute approximate surface area is 118 Å². The van der Waals surface area contributed by atoms with Crippen LogP contribution in [0.5, 0.6) is 0 Å². The van der Waals surface area contributed by atoms with E-state index in [9.17, 15) is 0 Å². The lowest BCUT2D eigenvalue weighted by Gasteiger charge is -2.14. The van der Waals surface area contributed by atoms with Gasteiger partial charge in [-0.2, -0.15) is 0 Å². The molecule has 1 aromatic carbocycles. The van der Waals surface area contributed by atoms with Gasteiger partial charge in [0.15, 0.2) is 0 Å². The van der Waals surface area contributed by atoms with E-state index in [1.54, 1.807) is 22.7 Å². The average molecular weight is 295 g/mol. The number of halogens is 1. The molecule has 0 radical (unpaired) electrons. The van der Waals surface area contributed by atoms with Crippen molar-refractivity contribution in [2.45, 2.75) is 6.04 Å². The van der Waals surface area contributed by atoms with Crippen LogP contribution < -0.4 is 11.3 Å². The van der Waals surface area contributed by atoms with Gasteiger partial charge in [-0.05, 0) is 33.8 Å². The Kier molecular flexibility index (Phi) is 3.37. The molecule has 18 heavy (non-hydrogen) atoms. The second-order valence-electron chi connectivity index (χ2n) is 3.92. The molecule has 0 saturated heterocycles. The van der Waals surface area contributed by atoms with Crippen LogP contribution in [0.1, 0.15) is 16.5 Å². The predicted molar refractivity (Wildman–Crippen MR) is 80.3 cm³/mol. The molecule has 1 unspecified atom stereocenters. The van der Waals surface area contributed by atoms with Gasteiger partial charge >= 0.3 is 0 Å². The van der Waals surface area contributed by atoms with E-state index in [2.05, 4.69) is 22.9 Å². The number of fused-ring (bicyclic) bond motifs is 1. The highest BCUT2D eigenvalue weighted by Gasteiger charge is 2.20.